The molecule has 0 aromatic heterocycles. The molecule has 1 aliphatic rings. The van der Waals surface area contributed by atoms with Crippen molar-refractivity contribution in [3.63, 3.8) is 0 Å². The molecule has 0 aliphatic carbocycles. The van der Waals surface area contributed by atoms with E-state index in [1.54, 1.807) is 12.0 Å². The van der Waals surface area contributed by atoms with E-state index in [2.05, 4.69) is 23.9 Å². The van der Waals surface area contributed by atoms with Gasteiger partial charge in [-0.15, -0.1) is 0 Å². The van der Waals surface area contributed by atoms with Crippen molar-refractivity contribution in [1.82, 2.24) is 14.7 Å². The third-order valence-electron chi connectivity index (χ3n) is 4.74. The Morgan fingerprint density at radius 3 is 2.68 bits per heavy atom. The van der Waals surface area contributed by atoms with Gasteiger partial charge in [-0.05, 0) is 33.5 Å². The highest BCUT2D eigenvalue weighted by Gasteiger charge is 2.26. The van der Waals surface area contributed by atoms with E-state index < -0.39 is 0 Å². The predicted molar refractivity (Wildman–Crippen MR) is 99.2 cm³/mol. The summed E-state index contributed by atoms with van der Waals surface area (Å²) >= 11 is 0. The number of methoxy groups -OCH3 is 1. The average molecular weight is 349 g/mol. The van der Waals surface area contributed by atoms with Gasteiger partial charge in [0.05, 0.1) is 20.3 Å². The van der Waals surface area contributed by atoms with Crippen LogP contribution in [0, 0.1) is 0 Å². The van der Waals surface area contributed by atoms with Gasteiger partial charge in [0.15, 0.2) is 11.5 Å². The van der Waals surface area contributed by atoms with E-state index in [0.29, 0.717) is 31.5 Å². The molecule has 0 spiro atoms. The first-order valence-corrected chi connectivity index (χ1v) is 8.87. The molecule has 1 saturated heterocycles. The van der Waals surface area contributed by atoms with Gasteiger partial charge < -0.3 is 19.3 Å². The molecule has 6 nitrogen and oxygen atoms in total. The molecule has 2 rings (SSSR count). The van der Waals surface area contributed by atoms with E-state index in [1.165, 1.54) is 0 Å². The molecular weight excluding hydrogens is 318 g/mol. The molecule has 1 aliphatic heterocycles. The van der Waals surface area contributed by atoms with Gasteiger partial charge in [0.2, 0.25) is 5.91 Å². The van der Waals surface area contributed by atoms with Gasteiger partial charge in [-0.1, -0.05) is 12.1 Å². The van der Waals surface area contributed by atoms with Gasteiger partial charge in [-0.2, -0.15) is 0 Å². The molecule has 25 heavy (non-hydrogen) atoms. The number of likely N-dealkylation sites (tertiary alicyclic amines) is 1. The first-order chi connectivity index (χ1) is 12.0. The lowest BCUT2D eigenvalue weighted by atomic mass is 10.1. The molecule has 6 heteroatoms. The molecule has 1 fully saturated rings. The number of amides is 1. The Hall–Kier alpha value is -1.79. The highest BCUT2D eigenvalue weighted by Crippen LogP contribution is 2.31. The number of benzene rings is 1. The minimum atomic E-state index is 0.129. The molecule has 140 valence electrons. The minimum absolute atomic E-state index is 0.129. The Labute approximate surface area is 151 Å². The second-order valence-corrected chi connectivity index (χ2v) is 6.77. The summed E-state index contributed by atoms with van der Waals surface area (Å²) in [5.41, 5.74) is 0.963. The van der Waals surface area contributed by atoms with Crippen LogP contribution in [0.15, 0.2) is 18.2 Å². The largest absolute Gasteiger partial charge is 0.493 e. The molecule has 0 saturated carbocycles. The maximum Gasteiger partial charge on any atom is 0.236 e. The van der Waals surface area contributed by atoms with Crippen LogP contribution in [0.2, 0.25) is 0 Å². The van der Waals surface area contributed by atoms with Gasteiger partial charge in [0, 0.05) is 38.3 Å². The molecule has 1 aromatic carbocycles. The Morgan fingerprint density at radius 1 is 1.32 bits per heavy atom. The lowest BCUT2D eigenvalue weighted by molar-refractivity contribution is -0.131. The molecule has 1 atom stereocenters. The third-order valence-corrected chi connectivity index (χ3v) is 4.74. The summed E-state index contributed by atoms with van der Waals surface area (Å²) in [5, 5.41) is 0. The van der Waals surface area contributed by atoms with Crippen molar-refractivity contribution in [2.24, 2.45) is 0 Å². The lowest BCUT2D eigenvalue weighted by Crippen LogP contribution is -2.39. The van der Waals surface area contributed by atoms with Gasteiger partial charge in [0.25, 0.3) is 0 Å². The molecule has 0 radical (unpaired) electrons. The zero-order valence-electron chi connectivity index (χ0n) is 16.1. The van der Waals surface area contributed by atoms with Crippen molar-refractivity contribution in [2.75, 3.05) is 54.5 Å². The number of hydrogen-bond donors (Lipinski definition) is 0. The maximum absolute atomic E-state index is 12.6. The Kier molecular flexibility index (Phi) is 7.08. The SMILES string of the molecule is CCOc1c(CN(C)C(=O)CN2CCC(N(C)C)C2)cccc1OC. The fraction of sp³-hybridized carbons (Fsp3) is 0.632. The van der Waals surface area contributed by atoms with E-state index in [4.69, 9.17) is 9.47 Å². The summed E-state index contributed by atoms with van der Waals surface area (Å²) < 4.78 is 11.1. The van der Waals surface area contributed by atoms with E-state index in [0.717, 1.165) is 30.8 Å². The average Bonchev–Trinajstić information content (AvgIpc) is 3.05. The number of nitrogens with zero attached hydrogens (tertiary/aromatic N) is 3. The summed E-state index contributed by atoms with van der Waals surface area (Å²) in [6.45, 7) is 5.41. The minimum Gasteiger partial charge on any atom is -0.493 e. The van der Waals surface area contributed by atoms with Crippen LogP contribution in [0.3, 0.4) is 0 Å². The number of hydrogen-bond acceptors (Lipinski definition) is 5. The van der Waals surface area contributed by atoms with Crippen molar-refractivity contribution in [3.05, 3.63) is 23.8 Å². The quantitative estimate of drug-likeness (QED) is 0.715. The molecular formula is C19H31N3O3. The molecule has 1 heterocycles. The summed E-state index contributed by atoms with van der Waals surface area (Å²) in [4.78, 5) is 18.8. The zero-order valence-corrected chi connectivity index (χ0v) is 16.1. The Morgan fingerprint density at radius 2 is 2.08 bits per heavy atom. The van der Waals surface area contributed by atoms with Crippen LogP contribution in [0.4, 0.5) is 0 Å². The number of ether oxygens (including phenoxy) is 2. The number of para-hydroxylation sites is 1. The van der Waals surface area contributed by atoms with E-state index in [-0.39, 0.29) is 5.91 Å². The normalized spacial score (nSPS) is 17.8. The number of rotatable bonds is 8. The highest BCUT2D eigenvalue weighted by molar-refractivity contribution is 5.78. The molecule has 1 amide bonds. The van der Waals surface area contributed by atoms with Crippen molar-refractivity contribution in [1.29, 1.82) is 0 Å². The van der Waals surface area contributed by atoms with Crippen LogP contribution >= 0.6 is 0 Å². The third kappa shape index (κ3) is 5.09. The maximum atomic E-state index is 12.6. The number of carbonyl (C=O) groups is 1. The van der Waals surface area contributed by atoms with Crippen LogP contribution in [0.1, 0.15) is 18.9 Å². The van der Waals surface area contributed by atoms with Gasteiger partial charge in [-0.3, -0.25) is 9.69 Å². The second kappa shape index (κ2) is 9.06. The van der Waals surface area contributed by atoms with Crippen molar-refractivity contribution < 1.29 is 14.3 Å². The molecule has 1 unspecified atom stereocenters. The van der Waals surface area contributed by atoms with Gasteiger partial charge >= 0.3 is 0 Å². The van der Waals surface area contributed by atoms with E-state index >= 15 is 0 Å². The monoisotopic (exact) mass is 349 g/mol. The van der Waals surface area contributed by atoms with E-state index in [1.807, 2.05) is 32.2 Å². The first kappa shape index (κ1) is 19.5. The van der Waals surface area contributed by atoms with Crippen LogP contribution in [-0.4, -0.2) is 81.1 Å². The fourth-order valence-corrected chi connectivity index (χ4v) is 3.19. The van der Waals surface area contributed by atoms with Crippen LogP contribution < -0.4 is 9.47 Å². The van der Waals surface area contributed by atoms with Gasteiger partial charge in [-0.25, -0.2) is 0 Å². The predicted octanol–water partition coefficient (Wildman–Crippen LogP) is 1.69. The summed E-state index contributed by atoms with van der Waals surface area (Å²) in [6, 6.07) is 6.33. The molecule has 0 N–H and O–H groups in total. The van der Waals surface area contributed by atoms with Crippen LogP contribution in [-0.2, 0) is 11.3 Å². The summed E-state index contributed by atoms with van der Waals surface area (Å²) in [5.74, 6) is 1.55. The zero-order chi connectivity index (χ0) is 18.4. The van der Waals surface area contributed by atoms with Crippen molar-refractivity contribution in [2.45, 2.75) is 25.9 Å². The summed E-state index contributed by atoms with van der Waals surface area (Å²) in [7, 11) is 7.67. The lowest BCUT2D eigenvalue weighted by Gasteiger charge is -2.24. The summed E-state index contributed by atoms with van der Waals surface area (Å²) in [6.07, 6.45) is 1.12. The van der Waals surface area contributed by atoms with Crippen LogP contribution in [0.5, 0.6) is 11.5 Å². The second-order valence-electron chi connectivity index (χ2n) is 6.77. The number of likely N-dealkylation sites (N-methyl/N-ethyl adjacent to an activating group) is 2. The Balaban J connectivity index is 1.97. The van der Waals surface area contributed by atoms with Gasteiger partial charge in [0.1, 0.15) is 0 Å². The fourth-order valence-electron chi connectivity index (χ4n) is 3.19. The van der Waals surface area contributed by atoms with Crippen molar-refractivity contribution >= 4 is 5.91 Å². The molecule has 1 aromatic rings. The van der Waals surface area contributed by atoms with E-state index in [9.17, 15) is 4.79 Å². The highest BCUT2D eigenvalue weighted by atomic mass is 16.5. The van der Waals surface area contributed by atoms with Crippen molar-refractivity contribution in [3.8, 4) is 11.5 Å². The topological polar surface area (TPSA) is 45.2 Å². The molecule has 0 bridgehead atoms. The first-order valence-electron chi connectivity index (χ1n) is 8.87. The Bertz CT molecular complexity index is 577. The smallest absolute Gasteiger partial charge is 0.236 e. The number of carbonyl (C=O) groups excluding carboxylic acids is 1. The van der Waals surface area contributed by atoms with Crippen LogP contribution in [0.25, 0.3) is 0 Å². The standard InChI is InChI=1S/C19H31N3O3/c1-6-25-19-15(8-7-9-17(19)24-5)12-21(4)18(23)14-22-11-10-16(13-22)20(2)3/h7-9,16H,6,10-14H2,1-5H3.